The van der Waals surface area contributed by atoms with Crippen molar-refractivity contribution in [3.8, 4) is 5.88 Å². The smallest absolute Gasteiger partial charge is 0.219 e. The minimum Gasteiger partial charge on any atom is -0.477 e. The van der Waals surface area contributed by atoms with Crippen LogP contribution in [0.2, 0.25) is 0 Å². The number of rotatable bonds is 8. The number of nitrogens with zero attached hydrogens (tertiary/aromatic N) is 2. The molecule has 90 valence electrons. The molecule has 0 bridgehead atoms. The number of ether oxygens (including phenoxy) is 3. The zero-order chi connectivity index (χ0) is 11.6. The van der Waals surface area contributed by atoms with Crippen LogP contribution in [0.15, 0.2) is 12.4 Å². The Morgan fingerprint density at radius 3 is 2.81 bits per heavy atom. The Kier molecular flexibility index (Phi) is 6.36. The quantitative estimate of drug-likeness (QED) is 0.493. The van der Waals surface area contributed by atoms with Crippen LogP contribution in [-0.2, 0) is 9.47 Å². The SMILES string of the molecule is COCCOCCCOc1cc(F)ncn1. The maximum absolute atomic E-state index is 12.6. The first kappa shape index (κ1) is 12.8. The van der Waals surface area contributed by atoms with Gasteiger partial charge in [-0.25, -0.2) is 9.97 Å². The molecule has 0 unspecified atom stereocenters. The van der Waals surface area contributed by atoms with Gasteiger partial charge in [0.2, 0.25) is 11.8 Å². The lowest BCUT2D eigenvalue weighted by Crippen LogP contribution is -2.07. The highest BCUT2D eigenvalue weighted by Crippen LogP contribution is 2.05. The van der Waals surface area contributed by atoms with Gasteiger partial charge in [0, 0.05) is 20.1 Å². The molecule has 1 aromatic rings. The molecule has 5 nitrogen and oxygen atoms in total. The summed E-state index contributed by atoms with van der Waals surface area (Å²) in [6, 6.07) is 1.14. The van der Waals surface area contributed by atoms with Gasteiger partial charge in [0.1, 0.15) is 6.33 Å². The third kappa shape index (κ3) is 5.57. The van der Waals surface area contributed by atoms with E-state index in [4.69, 9.17) is 14.2 Å². The molecule has 16 heavy (non-hydrogen) atoms. The first-order valence-corrected chi connectivity index (χ1v) is 5.00. The third-order valence-electron chi connectivity index (χ3n) is 1.72. The Labute approximate surface area is 93.6 Å². The molecule has 0 amide bonds. The lowest BCUT2D eigenvalue weighted by atomic mass is 10.5. The summed E-state index contributed by atoms with van der Waals surface area (Å²) in [5.74, 6) is -0.356. The fourth-order valence-electron chi connectivity index (χ4n) is 0.978. The molecular formula is C10H15FN2O3. The van der Waals surface area contributed by atoms with Crippen LogP contribution in [0, 0.1) is 5.95 Å². The maximum Gasteiger partial charge on any atom is 0.219 e. The van der Waals surface area contributed by atoms with Crippen molar-refractivity contribution in [1.82, 2.24) is 9.97 Å². The van der Waals surface area contributed by atoms with Crippen molar-refractivity contribution < 1.29 is 18.6 Å². The van der Waals surface area contributed by atoms with Crippen molar-refractivity contribution in [1.29, 1.82) is 0 Å². The number of aromatic nitrogens is 2. The van der Waals surface area contributed by atoms with Crippen LogP contribution in [0.25, 0.3) is 0 Å². The van der Waals surface area contributed by atoms with Crippen molar-refractivity contribution in [2.24, 2.45) is 0 Å². The Hall–Kier alpha value is -1.27. The molecule has 6 heteroatoms. The second-order valence-electron chi connectivity index (χ2n) is 2.99. The highest BCUT2D eigenvalue weighted by atomic mass is 19.1. The highest BCUT2D eigenvalue weighted by Gasteiger charge is 1.98. The van der Waals surface area contributed by atoms with Gasteiger partial charge in [-0.2, -0.15) is 4.39 Å². The summed E-state index contributed by atoms with van der Waals surface area (Å²) in [6.07, 6.45) is 1.84. The van der Waals surface area contributed by atoms with Crippen LogP contribution >= 0.6 is 0 Å². The van der Waals surface area contributed by atoms with Crippen LogP contribution in [-0.4, -0.2) is 43.5 Å². The van der Waals surface area contributed by atoms with Crippen LogP contribution in [0.3, 0.4) is 0 Å². The van der Waals surface area contributed by atoms with E-state index in [-0.39, 0.29) is 5.88 Å². The summed E-state index contributed by atoms with van der Waals surface area (Å²) >= 11 is 0. The first-order valence-electron chi connectivity index (χ1n) is 5.00. The van der Waals surface area contributed by atoms with Crippen molar-refractivity contribution >= 4 is 0 Å². The van der Waals surface area contributed by atoms with Crippen molar-refractivity contribution in [2.45, 2.75) is 6.42 Å². The Balaban J connectivity index is 2.03. The van der Waals surface area contributed by atoms with E-state index in [2.05, 4.69) is 9.97 Å². The van der Waals surface area contributed by atoms with E-state index >= 15 is 0 Å². The van der Waals surface area contributed by atoms with Crippen LogP contribution in [0.4, 0.5) is 4.39 Å². The molecular weight excluding hydrogens is 215 g/mol. The Morgan fingerprint density at radius 1 is 1.19 bits per heavy atom. The fraction of sp³-hybridized carbons (Fsp3) is 0.600. The van der Waals surface area contributed by atoms with E-state index in [0.29, 0.717) is 26.4 Å². The fourth-order valence-corrected chi connectivity index (χ4v) is 0.978. The van der Waals surface area contributed by atoms with Crippen molar-refractivity contribution in [2.75, 3.05) is 33.5 Å². The summed E-state index contributed by atoms with van der Waals surface area (Å²) < 4.78 is 27.8. The normalized spacial score (nSPS) is 10.4. The van der Waals surface area contributed by atoms with E-state index in [0.717, 1.165) is 18.8 Å². The minimum atomic E-state index is -0.596. The van der Waals surface area contributed by atoms with Gasteiger partial charge in [0.25, 0.3) is 0 Å². The van der Waals surface area contributed by atoms with Gasteiger partial charge >= 0.3 is 0 Å². The van der Waals surface area contributed by atoms with Gasteiger partial charge in [0.05, 0.1) is 25.9 Å². The highest BCUT2D eigenvalue weighted by molar-refractivity contribution is 5.05. The first-order chi connectivity index (χ1) is 7.83. The number of hydrogen-bond acceptors (Lipinski definition) is 5. The molecule has 0 fully saturated rings. The second kappa shape index (κ2) is 7.95. The monoisotopic (exact) mass is 230 g/mol. The van der Waals surface area contributed by atoms with Gasteiger partial charge < -0.3 is 14.2 Å². The Morgan fingerprint density at radius 2 is 2.06 bits per heavy atom. The topological polar surface area (TPSA) is 53.5 Å². The summed E-state index contributed by atoms with van der Waals surface area (Å²) in [6.45, 7) is 2.16. The van der Waals surface area contributed by atoms with E-state index in [1.54, 1.807) is 7.11 Å². The summed E-state index contributed by atoms with van der Waals surface area (Å²) in [5, 5.41) is 0. The molecule has 0 aliphatic rings. The summed E-state index contributed by atoms with van der Waals surface area (Å²) in [5.41, 5.74) is 0. The average Bonchev–Trinajstić information content (AvgIpc) is 2.28. The molecule has 0 saturated heterocycles. The standard InChI is InChI=1S/C10H15FN2O3/c1-14-5-6-15-3-2-4-16-10-7-9(11)12-8-13-10/h7-8H,2-6H2,1H3. The minimum absolute atomic E-state index is 0.240. The molecule has 0 aromatic carbocycles. The molecule has 0 radical (unpaired) electrons. The van der Waals surface area contributed by atoms with Gasteiger partial charge in [-0.1, -0.05) is 0 Å². The van der Waals surface area contributed by atoms with Crippen molar-refractivity contribution in [3.63, 3.8) is 0 Å². The maximum atomic E-state index is 12.6. The molecule has 0 saturated carbocycles. The van der Waals surface area contributed by atoms with Gasteiger partial charge in [-0.3, -0.25) is 0 Å². The molecule has 0 N–H and O–H groups in total. The molecule has 0 aliphatic heterocycles. The number of halogens is 1. The van der Waals surface area contributed by atoms with Gasteiger partial charge in [-0.15, -0.1) is 0 Å². The van der Waals surface area contributed by atoms with E-state index in [1.165, 1.54) is 0 Å². The molecule has 0 atom stereocenters. The molecule has 0 spiro atoms. The average molecular weight is 230 g/mol. The molecule has 0 aliphatic carbocycles. The van der Waals surface area contributed by atoms with E-state index in [9.17, 15) is 4.39 Å². The summed E-state index contributed by atoms with van der Waals surface area (Å²) in [4.78, 5) is 7.07. The van der Waals surface area contributed by atoms with E-state index < -0.39 is 5.95 Å². The van der Waals surface area contributed by atoms with Crippen molar-refractivity contribution in [3.05, 3.63) is 18.3 Å². The van der Waals surface area contributed by atoms with Gasteiger partial charge in [-0.05, 0) is 0 Å². The van der Waals surface area contributed by atoms with Crippen LogP contribution in [0.1, 0.15) is 6.42 Å². The van der Waals surface area contributed by atoms with Crippen LogP contribution in [0.5, 0.6) is 5.88 Å². The molecule has 1 heterocycles. The predicted octanol–water partition coefficient (Wildman–Crippen LogP) is 1.05. The second-order valence-corrected chi connectivity index (χ2v) is 2.99. The Bertz CT molecular complexity index is 299. The lowest BCUT2D eigenvalue weighted by Gasteiger charge is -2.05. The number of hydrogen-bond donors (Lipinski definition) is 0. The predicted molar refractivity (Wildman–Crippen MR) is 54.8 cm³/mol. The largest absolute Gasteiger partial charge is 0.477 e. The van der Waals surface area contributed by atoms with E-state index in [1.807, 2.05) is 0 Å². The zero-order valence-electron chi connectivity index (χ0n) is 9.19. The number of methoxy groups -OCH3 is 1. The lowest BCUT2D eigenvalue weighted by molar-refractivity contribution is 0.0641. The third-order valence-corrected chi connectivity index (χ3v) is 1.72. The van der Waals surface area contributed by atoms with Gasteiger partial charge in [0.15, 0.2) is 0 Å². The molecule has 1 aromatic heterocycles. The molecule has 1 rings (SSSR count). The summed E-state index contributed by atoms with van der Waals surface area (Å²) in [7, 11) is 1.62. The zero-order valence-corrected chi connectivity index (χ0v) is 9.19. The van der Waals surface area contributed by atoms with Crippen LogP contribution < -0.4 is 4.74 Å².